The number of aryl methyl sites for hydroxylation is 1. The van der Waals surface area contributed by atoms with Gasteiger partial charge >= 0.3 is 0 Å². The van der Waals surface area contributed by atoms with Crippen molar-refractivity contribution < 1.29 is 9.84 Å². The lowest BCUT2D eigenvalue weighted by atomic mass is 9.86. The largest absolute Gasteiger partial charge is 0.493 e. The third-order valence-corrected chi connectivity index (χ3v) is 4.51. The average Bonchev–Trinajstić information content (AvgIpc) is 2.47. The second kappa shape index (κ2) is 8.62. The first-order valence-electron chi connectivity index (χ1n) is 7.69. The van der Waals surface area contributed by atoms with Crippen LogP contribution in [0.5, 0.6) is 5.75 Å². The molecule has 2 atom stereocenters. The molecule has 2 unspecified atom stereocenters. The number of aliphatic hydroxyl groups is 1. The third kappa shape index (κ3) is 4.60. The summed E-state index contributed by atoms with van der Waals surface area (Å²) in [6, 6.07) is 2.02. The van der Waals surface area contributed by atoms with Crippen molar-refractivity contribution in [3.63, 3.8) is 0 Å². The van der Waals surface area contributed by atoms with Crippen molar-refractivity contribution in [1.29, 1.82) is 0 Å². The Hall–Kier alpha value is -0.770. The van der Waals surface area contributed by atoms with E-state index in [1.54, 1.807) is 0 Å². The first-order chi connectivity index (χ1) is 9.96. The molecule has 0 fully saturated rings. The minimum atomic E-state index is 0.110. The van der Waals surface area contributed by atoms with E-state index in [0.29, 0.717) is 13.2 Å². The molecule has 0 aliphatic rings. The number of benzene rings is 1. The minimum absolute atomic E-state index is 0.110. The van der Waals surface area contributed by atoms with Gasteiger partial charge in [0.25, 0.3) is 0 Å². The molecular weight excluding hydrogens is 286 g/mol. The molecule has 3 nitrogen and oxygen atoms in total. The van der Waals surface area contributed by atoms with Crippen LogP contribution in [0.15, 0.2) is 6.07 Å². The Bertz CT molecular complexity index is 459. The Kier molecular flexibility index (Phi) is 7.50. The first-order valence-corrected chi connectivity index (χ1v) is 8.07. The molecule has 21 heavy (non-hydrogen) atoms. The molecule has 1 rings (SSSR count). The Morgan fingerprint density at radius 2 is 2.05 bits per heavy atom. The molecule has 3 N–H and O–H groups in total. The normalized spacial score (nSPS) is 14.0. The van der Waals surface area contributed by atoms with Crippen LogP contribution in [0.25, 0.3) is 0 Å². The molecular formula is C17H28ClNO2. The summed E-state index contributed by atoms with van der Waals surface area (Å²) in [6.45, 7) is 9.57. The van der Waals surface area contributed by atoms with Crippen LogP contribution in [0.2, 0.25) is 5.02 Å². The average molecular weight is 314 g/mol. The SMILES string of the molecule is CCCOc1cc(C)c(Cl)c(C)c1C(C)CC(CN)CO. The van der Waals surface area contributed by atoms with Crippen molar-refractivity contribution in [2.24, 2.45) is 11.7 Å². The van der Waals surface area contributed by atoms with Crippen LogP contribution in [0, 0.1) is 19.8 Å². The van der Waals surface area contributed by atoms with E-state index >= 15 is 0 Å². The van der Waals surface area contributed by atoms with Gasteiger partial charge < -0.3 is 15.6 Å². The van der Waals surface area contributed by atoms with Gasteiger partial charge in [-0.25, -0.2) is 0 Å². The van der Waals surface area contributed by atoms with Gasteiger partial charge in [-0.05, 0) is 62.3 Å². The smallest absolute Gasteiger partial charge is 0.123 e. The highest BCUT2D eigenvalue weighted by atomic mass is 35.5. The van der Waals surface area contributed by atoms with Crippen LogP contribution in [0.1, 0.15) is 49.3 Å². The monoisotopic (exact) mass is 313 g/mol. The molecule has 0 bridgehead atoms. The van der Waals surface area contributed by atoms with Crippen LogP contribution in [-0.2, 0) is 0 Å². The molecule has 0 radical (unpaired) electrons. The lowest BCUT2D eigenvalue weighted by Crippen LogP contribution is -2.20. The van der Waals surface area contributed by atoms with Gasteiger partial charge in [-0.2, -0.15) is 0 Å². The van der Waals surface area contributed by atoms with Crippen molar-refractivity contribution in [3.05, 3.63) is 27.8 Å². The van der Waals surface area contributed by atoms with Crippen molar-refractivity contribution in [3.8, 4) is 5.75 Å². The Morgan fingerprint density at radius 3 is 2.57 bits per heavy atom. The van der Waals surface area contributed by atoms with Crippen molar-refractivity contribution in [2.45, 2.75) is 46.5 Å². The van der Waals surface area contributed by atoms with E-state index in [4.69, 9.17) is 22.1 Å². The van der Waals surface area contributed by atoms with Gasteiger partial charge in [-0.1, -0.05) is 25.4 Å². The summed E-state index contributed by atoms with van der Waals surface area (Å²) >= 11 is 6.41. The van der Waals surface area contributed by atoms with E-state index in [2.05, 4.69) is 13.8 Å². The number of hydrogen-bond donors (Lipinski definition) is 2. The number of ether oxygens (including phenoxy) is 1. The highest BCUT2D eigenvalue weighted by Gasteiger charge is 2.21. The van der Waals surface area contributed by atoms with Crippen LogP contribution in [0.3, 0.4) is 0 Å². The molecule has 0 heterocycles. The van der Waals surface area contributed by atoms with E-state index in [1.165, 1.54) is 0 Å². The molecule has 0 aliphatic heterocycles. The molecule has 0 aliphatic carbocycles. The molecule has 0 saturated carbocycles. The number of rotatable bonds is 8. The fourth-order valence-corrected chi connectivity index (χ4v) is 2.90. The van der Waals surface area contributed by atoms with E-state index in [-0.39, 0.29) is 18.4 Å². The summed E-state index contributed by atoms with van der Waals surface area (Å²) in [6.07, 6.45) is 1.80. The van der Waals surface area contributed by atoms with Crippen molar-refractivity contribution in [1.82, 2.24) is 0 Å². The quantitative estimate of drug-likeness (QED) is 0.767. The maximum Gasteiger partial charge on any atom is 0.123 e. The fraction of sp³-hybridized carbons (Fsp3) is 0.647. The van der Waals surface area contributed by atoms with Gasteiger partial charge in [-0.15, -0.1) is 0 Å². The fourth-order valence-electron chi connectivity index (χ4n) is 2.74. The number of hydrogen-bond acceptors (Lipinski definition) is 3. The van der Waals surface area contributed by atoms with E-state index in [9.17, 15) is 5.11 Å². The molecule has 1 aromatic carbocycles. The van der Waals surface area contributed by atoms with Crippen molar-refractivity contribution >= 4 is 11.6 Å². The van der Waals surface area contributed by atoms with Crippen LogP contribution >= 0.6 is 11.6 Å². The second-order valence-electron chi connectivity index (χ2n) is 5.81. The van der Waals surface area contributed by atoms with E-state index in [1.807, 2.05) is 19.9 Å². The summed E-state index contributed by atoms with van der Waals surface area (Å²) in [5, 5.41) is 10.2. The summed E-state index contributed by atoms with van der Waals surface area (Å²) in [7, 11) is 0. The topological polar surface area (TPSA) is 55.5 Å². The van der Waals surface area contributed by atoms with E-state index < -0.39 is 0 Å². The number of aliphatic hydroxyl groups excluding tert-OH is 1. The maximum atomic E-state index is 9.36. The van der Waals surface area contributed by atoms with Gasteiger partial charge in [-0.3, -0.25) is 0 Å². The van der Waals surface area contributed by atoms with E-state index in [0.717, 1.165) is 40.3 Å². The van der Waals surface area contributed by atoms with Gasteiger partial charge in [0.15, 0.2) is 0 Å². The molecule has 1 aromatic rings. The second-order valence-corrected chi connectivity index (χ2v) is 6.19. The number of halogens is 1. The molecule has 120 valence electrons. The molecule has 0 aromatic heterocycles. The summed E-state index contributed by atoms with van der Waals surface area (Å²) in [5.74, 6) is 1.27. The standard InChI is InChI=1S/C17H28ClNO2/c1-5-6-21-15-8-12(3)17(18)13(4)16(15)11(2)7-14(9-19)10-20/h8,11,14,20H,5-7,9-10,19H2,1-4H3. The Morgan fingerprint density at radius 1 is 1.38 bits per heavy atom. The molecule has 4 heteroatoms. The third-order valence-electron chi connectivity index (χ3n) is 3.93. The maximum absolute atomic E-state index is 9.36. The minimum Gasteiger partial charge on any atom is -0.493 e. The van der Waals surface area contributed by atoms with Crippen LogP contribution in [-0.4, -0.2) is 24.9 Å². The van der Waals surface area contributed by atoms with Crippen molar-refractivity contribution in [2.75, 3.05) is 19.8 Å². The summed E-state index contributed by atoms with van der Waals surface area (Å²) in [5.41, 5.74) is 8.96. The Balaban J connectivity index is 3.14. The zero-order chi connectivity index (χ0) is 16.0. The lowest BCUT2D eigenvalue weighted by molar-refractivity contribution is 0.216. The van der Waals surface area contributed by atoms with Crippen LogP contribution < -0.4 is 10.5 Å². The van der Waals surface area contributed by atoms with Crippen LogP contribution in [0.4, 0.5) is 0 Å². The van der Waals surface area contributed by atoms with Gasteiger partial charge in [0, 0.05) is 17.2 Å². The molecule has 0 amide bonds. The first kappa shape index (κ1) is 18.3. The predicted molar refractivity (Wildman–Crippen MR) is 89.4 cm³/mol. The number of nitrogens with two attached hydrogens (primary N) is 1. The summed E-state index contributed by atoms with van der Waals surface area (Å²) < 4.78 is 5.92. The lowest BCUT2D eigenvalue weighted by Gasteiger charge is -2.24. The Labute approximate surface area is 133 Å². The zero-order valence-electron chi connectivity index (χ0n) is 13.6. The predicted octanol–water partition coefficient (Wildman–Crippen LogP) is 3.81. The van der Waals surface area contributed by atoms with Gasteiger partial charge in [0.2, 0.25) is 0 Å². The molecule has 0 spiro atoms. The molecule has 0 saturated heterocycles. The highest BCUT2D eigenvalue weighted by molar-refractivity contribution is 6.32. The van der Waals surface area contributed by atoms with Gasteiger partial charge in [0.05, 0.1) is 6.61 Å². The highest BCUT2D eigenvalue weighted by Crippen LogP contribution is 2.38. The van der Waals surface area contributed by atoms with Gasteiger partial charge in [0.1, 0.15) is 5.75 Å². The summed E-state index contributed by atoms with van der Waals surface area (Å²) in [4.78, 5) is 0. The zero-order valence-corrected chi connectivity index (χ0v) is 14.3.